The van der Waals surface area contributed by atoms with Crippen molar-refractivity contribution in [3.63, 3.8) is 0 Å². The van der Waals surface area contributed by atoms with Crippen molar-refractivity contribution in [2.75, 3.05) is 18.5 Å². The maximum atomic E-state index is 12.9. The molecule has 3 aromatic rings. The molecule has 0 spiro atoms. The Kier molecular flexibility index (Phi) is 7.80. The van der Waals surface area contributed by atoms with E-state index in [0.717, 1.165) is 28.9 Å². The molecule has 0 saturated heterocycles. The molecule has 0 radical (unpaired) electrons. The summed E-state index contributed by atoms with van der Waals surface area (Å²) >= 11 is 6.47. The first kappa shape index (κ1) is 23.7. The minimum absolute atomic E-state index is 0.175. The average Bonchev–Trinajstić information content (AvgIpc) is 2.79. The summed E-state index contributed by atoms with van der Waals surface area (Å²) in [6.07, 6.45) is -3.17. The predicted molar refractivity (Wildman–Crippen MR) is 122 cm³/mol. The second-order valence-electron chi connectivity index (χ2n) is 7.37. The van der Waals surface area contributed by atoms with Crippen LogP contribution in [0, 0.1) is 0 Å². The van der Waals surface area contributed by atoms with Gasteiger partial charge >= 0.3 is 6.18 Å². The lowest BCUT2D eigenvalue weighted by molar-refractivity contribution is -0.137. The second-order valence-corrected chi connectivity index (χ2v) is 7.78. The first-order valence-corrected chi connectivity index (χ1v) is 10.6. The van der Waals surface area contributed by atoms with E-state index in [4.69, 9.17) is 11.6 Å². The largest absolute Gasteiger partial charge is 0.416 e. The highest BCUT2D eigenvalue weighted by atomic mass is 35.5. The van der Waals surface area contributed by atoms with Crippen LogP contribution in [0.3, 0.4) is 0 Å². The van der Waals surface area contributed by atoms with E-state index in [9.17, 15) is 18.0 Å². The fraction of sp³-hybridized carbons (Fsp3) is 0.240. The van der Waals surface area contributed by atoms with E-state index in [1.165, 1.54) is 12.1 Å². The number of aryl methyl sites for hydroxylation is 1. The molecule has 0 aromatic heterocycles. The Morgan fingerprint density at radius 1 is 0.969 bits per heavy atom. The standard InChI is InChI=1S/C25H24ClF3N2O/c1-30-24(32)23(19-9-3-2-4-10-19)31(22-12-6-5-11-21(22)26)17-7-8-18-13-15-20(16-14-18)25(27,28)29/h2-6,9-16,23H,7-8,17H2,1H3,(H,30,32)/t23-/m0/s1. The van der Waals surface area contributed by atoms with Gasteiger partial charge in [0.05, 0.1) is 16.3 Å². The van der Waals surface area contributed by atoms with Gasteiger partial charge < -0.3 is 10.2 Å². The zero-order valence-electron chi connectivity index (χ0n) is 17.6. The quantitative estimate of drug-likeness (QED) is 0.428. The average molecular weight is 461 g/mol. The molecular formula is C25H24ClF3N2O. The summed E-state index contributed by atoms with van der Waals surface area (Å²) in [6, 6.07) is 21.3. The van der Waals surface area contributed by atoms with Crippen molar-refractivity contribution >= 4 is 23.2 Å². The van der Waals surface area contributed by atoms with Gasteiger partial charge in [-0.05, 0) is 48.2 Å². The molecule has 3 aromatic carbocycles. The Labute approximate surface area is 190 Å². The van der Waals surface area contributed by atoms with Gasteiger partial charge in [0.1, 0.15) is 6.04 Å². The summed E-state index contributed by atoms with van der Waals surface area (Å²) in [7, 11) is 1.59. The van der Waals surface area contributed by atoms with Crippen LogP contribution < -0.4 is 10.2 Å². The van der Waals surface area contributed by atoms with Crippen LogP contribution >= 0.6 is 11.6 Å². The van der Waals surface area contributed by atoms with Crippen LogP contribution in [-0.4, -0.2) is 19.5 Å². The number of carbonyl (C=O) groups is 1. The van der Waals surface area contributed by atoms with Crippen molar-refractivity contribution in [1.29, 1.82) is 0 Å². The Morgan fingerprint density at radius 3 is 2.19 bits per heavy atom. The van der Waals surface area contributed by atoms with Gasteiger partial charge in [0.15, 0.2) is 0 Å². The monoisotopic (exact) mass is 460 g/mol. The van der Waals surface area contributed by atoms with Crippen LogP contribution in [0.5, 0.6) is 0 Å². The van der Waals surface area contributed by atoms with Gasteiger partial charge in [-0.15, -0.1) is 0 Å². The van der Waals surface area contributed by atoms with E-state index >= 15 is 0 Å². The van der Waals surface area contributed by atoms with Gasteiger partial charge in [-0.25, -0.2) is 0 Å². The zero-order chi connectivity index (χ0) is 23.1. The minimum atomic E-state index is -4.35. The molecule has 0 fully saturated rings. The van der Waals surface area contributed by atoms with Crippen LogP contribution in [0.2, 0.25) is 5.02 Å². The first-order valence-electron chi connectivity index (χ1n) is 10.2. The van der Waals surface area contributed by atoms with Crippen molar-refractivity contribution in [3.05, 3.63) is 101 Å². The number of para-hydroxylation sites is 1. The molecule has 1 atom stereocenters. The summed E-state index contributed by atoms with van der Waals surface area (Å²) < 4.78 is 38.4. The van der Waals surface area contributed by atoms with Crippen LogP contribution in [0.4, 0.5) is 18.9 Å². The molecule has 0 bridgehead atoms. The van der Waals surface area contributed by atoms with Crippen LogP contribution in [0.15, 0.2) is 78.9 Å². The van der Waals surface area contributed by atoms with Crippen molar-refractivity contribution in [3.8, 4) is 0 Å². The lowest BCUT2D eigenvalue weighted by Crippen LogP contribution is -2.40. The van der Waals surface area contributed by atoms with E-state index in [1.54, 1.807) is 13.1 Å². The lowest BCUT2D eigenvalue weighted by atomic mass is 10.0. The van der Waals surface area contributed by atoms with Gasteiger partial charge in [0, 0.05) is 13.6 Å². The minimum Gasteiger partial charge on any atom is -0.357 e. The number of halogens is 4. The maximum Gasteiger partial charge on any atom is 0.416 e. The Balaban J connectivity index is 1.85. The van der Waals surface area contributed by atoms with Crippen molar-refractivity contribution < 1.29 is 18.0 Å². The normalized spacial score (nSPS) is 12.3. The van der Waals surface area contributed by atoms with Crippen molar-refractivity contribution in [2.24, 2.45) is 0 Å². The van der Waals surface area contributed by atoms with Gasteiger partial charge in [-0.2, -0.15) is 13.2 Å². The van der Waals surface area contributed by atoms with E-state index < -0.39 is 17.8 Å². The summed E-state index contributed by atoms with van der Waals surface area (Å²) in [5.41, 5.74) is 1.68. The molecule has 1 amide bonds. The summed E-state index contributed by atoms with van der Waals surface area (Å²) in [5.74, 6) is -0.175. The van der Waals surface area contributed by atoms with Gasteiger partial charge in [0.2, 0.25) is 5.91 Å². The number of amides is 1. The highest BCUT2D eigenvalue weighted by molar-refractivity contribution is 6.33. The summed E-state index contributed by atoms with van der Waals surface area (Å²) in [5, 5.41) is 3.25. The number of benzene rings is 3. The molecule has 0 unspecified atom stereocenters. The van der Waals surface area contributed by atoms with E-state index in [-0.39, 0.29) is 5.91 Å². The highest BCUT2D eigenvalue weighted by Gasteiger charge is 2.30. The Hall–Kier alpha value is -2.99. The highest BCUT2D eigenvalue weighted by Crippen LogP contribution is 2.33. The molecule has 0 saturated carbocycles. The van der Waals surface area contributed by atoms with Crippen molar-refractivity contribution in [2.45, 2.75) is 25.1 Å². The Bertz CT molecular complexity index is 1020. The van der Waals surface area contributed by atoms with E-state index in [2.05, 4.69) is 5.32 Å². The number of nitrogens with zero attached hydrogens (tertiary/aromatic N) is 1. The van der Waals surface area contributed by atoms with E-state index in [0.29, 0.717) is 24.4 Å². The smallest absolute Gasteiger partial charge is 0.357 e. The molecule has 168 valence electrons. The van der Waals surface area contributed by atoms with Crippen molar-refractivity contribution in [1.82, 2.24) is 5.32 Å². The molecule has 3 rings (SSSR count). The third-order valence-electron chi connectivity index (χ3n) is 5.23. The number of carbonyl (C=O) groups excluding carboxylic acids is 1. The third-order valence-corrected chi connectivity index (χ3v) is 5.55. The molecule has 0 aliphatic heterocycles. The number of likely N-dealkylation sites (N-methyl/N-ethyl adjacent to an activating group) is 1. The number of nitrogens with one attached hydrogen (secondary N) is 1. The van der Waals surface area contributed by atoms with Gasteiger partial charge in [-0.3, -0.25) is 4.79 Å². The van der Waals surface area contributed by atoms with Gasteiger partial charge in [0.25, 0.3) is 0 Å². The van der Waals surface area contributed by atoms with E-state index in [1.807, 2.05) is 53.4 Å². The fourth-order valence-corrected chi connectivity index (χ4v) is 3.88. The van der Waals surface area contributed by atoms with Gasteiger partial charge in [-0.1, -0.05) is 66.2 Å². The van der Waals surface area contributed by atoms with Crippen LogP contribution in [0.25, 0.3) is 0 Å². The summed E-state index contributed by atoms with van der Waals surface area (Å²) in [4.78, 5) is 14.8. The number of hydrogen-bond acceptors (Lipinski definition) is 2. The lowest BCUT2D eigenvalue weighted by Gasteiger charge is -2.33. The fourth-order valence-electron chi connectivity index (χ4n) is 3.63. The van der Waals surface area contributed by atoms with Crippen LogP contribution in [-0.2, 0) is 17.4 Å². The third kappa shape index (κ3) is 5.82. The predicted octanol–water partition coefficient (Wildman–Crippen LogP) is 6.29. The molecule has 1 N–H and O–H groups in total. The number of hydrogen-bond donors (Lipinski definition) is 1. The summed E-state index contributed by atoms with van der Waals surface area (Å²) in [6.45, 7) is 0.484. The van der Waals surface area contributed by atoms with Crippen LogP contribution in [0.1, 0.15) is 29.2 Å². The molecule has 3 nitrogen and oxygen atoms in total. The zero-order valence-corrected chi connectivity index (χ0v) is 18.3. The second kappa shape index (κ2) is 10.6. The molecule has 0 heterocycles. The topological polar surface area (TPSA) is 32.3 Å². The molecular weight excluding hydrogens is 437 g/mol. The number of anilines is 1. The Morgan fingerprint density at radius 2 is 1.59 bits per heavy atom. The SMILES string of the molecule is CNC(=O)[C@H](c1ccccc1)N(CCCc1ccc(C(F)(F)F)cc1)c1ccccc1Cl. The molecule has 0 aliphatic carbocycles. The number of rotatable bonds is 8. The first-order chi connectivity index (χ1) is 15.3. The molecule has 32 heavy (non-hydrogen) atoms. The maximum absolute atomic E-state index is 12.9. The molecule has 7 heteroatoms. The number of alkyl halides is 3. The molecule has 0 aliphatic rings.